The number of fused-ring (bicyclic) bond motifs is 1. The molecule has 1 atom stereocenters. The van der Waals surface area contributed by atoms with Gasteiger partial charge in [-0.3, -0.25) is 0 Å². The highest BCUT2D eigenvalue weighted by atomic mass is 32.1. The van der Waals surface area contributed by atoms with E-state index < -0.39 is 0 Å². The van der Waals surface area contributed by atoms with Gasteiger partial charge in [0, 0.05) is 25.2 Å². The Hall–Kier alpha value is -1.55. The summed E-state index contributed by atoms with van der Waals surface area (Å²) in [6.45, 7) is 0. The summed E-state index contributed by atoms with van der Waals surface area (Å²) in [5.41, 5.74) is 2.60. The summed E-state index contributed by atoms with van der Waals surface area (Å²) in [6.07, 6.45) is 5.55. The fourth-order valence-electron chi connectivity index (χ4n) is 2.69. The molecule has 0 bridgehead atoms. The first-order valence-corrected chi connectivity index (χ1v) is 7.59. The van der Waals surface area contributed by atoms with E-state index in [4.69, 9.17) is 0 Å². The Balaban J connectivity index is 1.88. The van der Waals surface area contributed by atoms with Crippen molar-refractivity contribution in [2.45, 2.75) is 25.3 Å². The summed E-state index contributed by atoms with van der Waals surface area (Å²) in [5.74, 6) is 1.00. The van der Waals surface area contributed by atoms with Crippen molar-refractivity contribution in [3.63, 3.8) is 0 Å². The summed E-state index contributed by atoms with van der Waals surface area (Å²) in [6, 6.07) is 6.80. The van der Waals surface area contributed by atoms with Crippen LogP contribution in [-0.4, -0.2) is 19.1 Å². The number of rotatable bonds is 3. The molecule has 0 aromatic carbocycles. The van der Waals surface area contributed by atoms with Crippen LogP contribution in [0.5, 0.6) is 0 Å². The van der Waals surface area contributed by atoms with Crippen LogP contribution in [0.2, 0.25) is 0 Å². The zero-order chi connectivity index (χ0) is 13.2. The maximum atomic E-state index is 4.45. The molecule has 3 nitrogen and oxygen atoms in total. The average molecular weight is 273 g/mol. The predicted octanol–water partition coefficient (Wildman–Crippen LogP) is 3.70. The van der Waals surface area contributed by atoms with Crippen LogP contribution >= 0.6 is 11.3 Å². The van der Waals surface area contributed by atoms with Gasteiger partial charge in [-0.1, -0.05) is 0 Å². The van der Waals surface area contributed by atoms with Gasteiger partial charge in [0.15, 0.2) is 5.82 Å². The Kier molecular flexibility index (Phi) is 3.42. The largest absolute Gasteiger partial charge is 0.375 e. The number of hydrogen-bond donors (Lipinski definition) is 1. The van der Waals surface area contributed by atoms with Crippen molar-refractivity contribution in [3.8, 4) is 0 Å². The molecule has 0 spiro atoms. The molecular weight excluding hydrogens is 254 g/mol. The highest BCUT2D eigenvalue weighted by molar-refractivity contribution is 7.10. The van der Waals surface area contributed by atoms with E-state index in [-0.39, 0.29) is 0 Å². The molecule has 1 unspecified atom stereocenters. The van der Waals surface area contributed by atoms with Crippen molar-refractivity contribution >= 4 is 22.8 Å². The average Bonchev–Trinajstić information content (AvgIpc) is 2.88. The number of anilines is 2. The molecule has 0 aliphatic heterocycles. The van der Waals surface area contributed by atoms with E-state index in [0.29, 0.717) is 6.04 Å². The Morgan fingerprint density at radius 3 is 3.11 bits per heavy atom. The van der Waals surface area contributed by atoms with Crippen molar-refractivity contribution in [2.75, 3.05) is 24.3 Å². The second kappa shape index (κ2) is 5.21. The van der Waals surface area contributed by atoms with Gasteiger partial charge in [0.2, 0.25) is 0 Å². The first-order chi connectivity index (χ1) is 9.25. The number of thiophene rings is 1. The molecule has 4 heteroatoms. The zero-order valence-electron chi connectivity index (χ0n) is 11.4. The third kappa shape index (κ3) is 2.45. The molecule has 100 valence electrons. The van der Waals surface area contributed by atoms with Gasteiger partial charge < -0.3 is 10.2 Å². The Morgan fingerprint density at radius 1 is 1.37 bits per heavy atom. The van der Waals surface area contributed by atoms with Gasteiger partial charge in [0.05, 0.1) is 11.7 Å². The van der Waals surface area contributed by atoms with Crippen LogP contribution in [0, 0.1) is 0 Å². The van der Waals surface area contributed by atoms with Crippen molar-refractivity contribution in [3.05, 3.63) is 40.2 Å². The van der Waals surface area contributed by atoms with Crippen molar-refractivity contribution < 1.29 is 0 Å². The van der Waals surface area contributed by atoms with Gasteiger partial charge in [-0.25, -0.2) is 4.98 Å². The van der Waals surface area contributed by atoms with E-state index in [1.54, 1.807) is 4.88 Å². The first kappa shape index (κ1) is 12.5. The van der Waals surface area contributed by atoms with Crippen LogP contribution in [0.1, 0.15) is 29.3 Å². The normalized spacial score (nSPS) is 17.9. The molecule has 2 heterocycles. The van der Waals surface area contributed by atoms with Gasteiger partial charge in [-0.15, -0.1) is 11.3 Å². The number of hydrogen-bond acceptors (Lipinski definition) is 4. The zero-order valence-corrected chi connectivity index (χ0v) is 12.2. The lowest BCUT2D eigenvalue weighted by Gasteiger charge is -2.26. The number of nitrogens with one attached hydrogen (secondary N) is 1. The van der Waals surface area contributed by atoms with Crippen LogP contribution < -0.4 is 10.2 Å². The van der Waals surface area contributed by atoms with Gasteiger partial charge in [-0.2, -0.15) is 0 Å². The Labute approximate surface area is 118 Å². The maximum Gasteiger partial charge on any atom is 0.151 e. The third-order valence-corrected chi connectivity index (χ3v) is 4.59. The summed E-state index contributed by atoms with van der Waals surface area (Å²) in [7, 11) is 4.06. The van der Waals surface area contributed by atoms with Gasteiger partial charge >= 0.3 is 0 Å². The molecule has 0 fully saturated rings. The summed E-state index contributed by atoms with van der Waals surface area (Å²) >= 11 is 1.88. The van der Waals surface area contributed by atoms with E-state index in [1.165, 1.54) is 24.8 Å². The lowest BCUT2D eigenvalue weighted by atomic mass is 9.94. The number of aromatic nitrogens is 1. The smallest absolute Gasteiger partial charge is 0.151 e. The molecule has 2 aromatic heterocycles. The number of aryl methyl sites for hydroxylation is 1. The molecule has 0 saturated carbocycles. The van der Waals surface area contributed by atoms with Crippen LogP contribution in [0.25, 0.3) is 0 Å². The van der Waals surface area contributed by atoms with E-state index in [2.05, 4.69) is 32.7 Å². The van der Waals surface area contributed by atoms with Gasteiger partial charge in [0.25, 0.3) is 0 Å². The molecular formula is C15H19N3S. The monoisotopic (exact) mass is 273 g/mol. The van der Waals surface area contributed by atoms with Crippen molar-refractivity contribution in [1.29, 1.82) is 0 Å². The highest BCUT2D eigenvalue weighted by Gasteiger charge is 2.22. The molecule has 19 heavy (non-hydrogen) atoms. The highest BCUT2D eigenvalue weighted by Crippen LogP contribution is 2.36. The summed E-state index contributed by atoms with van der Waals surface area (Å²) in [4.78, 5) is 8.05. The molecule has 2 aromatic rings. The molecule has 1 aliphatic carbocycles. The summed E-state index contributed by atoms with van der Waals surface area (Å²) in [5, 5.41) is 5.88. The quantitative estimate of drug-likeness (QED) is 0.924. The molecule has 0 saturated heterocycles. The topological polar surface area (TPSA) is 28.2 Å². The lowest BCUT2D eigenvalue weighted by Crippen LogP contribution is -2.19. The standard InChI is InChI=1S/C15H19N3S/c1-18(2)15-13(6-4-9-16-15)17-12-5-3-7-14-11(12)8-10-19-14/h4,6,8-10,12,17H,3,5,7H2,1-2H3. The first-order valence-electron chi connectivity index (χ1n) is 6.71. The Morgan fingerprint density at radius 2 is 2.26 bits per heavy atom. The van der Waals surface area contributed by atoms with E-state index in [0.717, 1.165) is 11.5 Å². The number of nitrogens with zero attached hydrogens (tertiary/aromatic N) is 2. The minimum Gasteiger partial charge on any atom is -0.375 e. The van der Waals surface area contributed by atoms with Crippen LogP contribution in [0.4, 0.5) is 11.5 Å². The van der Waals surface area contributed by atoms with Gasteiger partial charge in [-0.05, 0) is 48.4 Å². The second-order valence-corrected chi connectivity index (χ2v) is 6.16. The minimum absolute atomic E-state index is 0.429. The maximum absolute atomic E-state index is 4.45. The van der Waals surface area contributed by atoms with Crippen LogP contribution in [-0.2, 0) is 6.42 Å². The van der Waals surface area contributed by atoms with Crippen molar-refractivity contribution in [2.24, 2.45) is 0 Å². The molecule has 3 rings (SSSR count). The Bertz CT molecular complexity index is 562. The third-order valence-electron chi connectivity index (χ3n) is 3.59. The molecule has 1 aliphatic rings. The minimum atomic E-state index is 0.429. The van der Waals surface area contributed by atoms with E-state index in [9.17, 15) is 0 Å². The fourth-order valence-corrected chi connectivity index (χ4v) is 3.68. The SMILES string of the molecule is CN(C)c1ncccc1NC1CCCc2sccc21. The molecule has 1 N–H and O–H groups in total. The number of pyridine rings is 1. The van der Waals surface area contributed by atoms with Crippen LogP contribution in [0.3, 0.4) is 0 Å². The second-order valence-electron chi connectivity index (χ2n) is 5.16. The molecule has 0 radical (unpaired) electrons. The van der Waals surface area contributed by atoms with E-state index >= 15 is 0 Å². The molecule has 0 amide bonds. The summed E-state index contributed by atoms with van der Waals surface area (Å²) < 4.78 is 0. The lowest BCUT2D eigenvalue weighted by molar-refractivity contribution is 0.608. The predicted molar refractivity (Wildman–Crippen MR) is 82.2 cm³/mol. The van der Waals surface area contributed by atoms with Crippen LogP contribution in [0.15, 0.2) is 29.8 Å². The van der Waals surface area contributed by atoms with Gasteiger partial charge in [0.1, 0.15) is 0 Å². The fraction of sp³-hybridized carbons (Fsp3) is 0.400. The van der Waals surface area contributed by atoms with E-state index in [1.807, 2.05) is 37.7 Å². The van der Waals surface area contributed by atoms with Crippen molar-refractivity contribution in [1.82, 2.24) is 4.98 Å².